The highest BCUT2D eigenvalue weighted by Crippen LogP contribution is 2.31. The van der Waals surface area contributed by atoms with E-state index < -0.39 is 11.6 Å². The molecule has 6 nitrogen and oxygen atoms in total. The van der Waals surface area contributed by atoms with Gasteiger partial charge in [0.15, 0.2) is 0 Å². The summed E-state index contributed by atoms with van der Waals surface area (Å²) in [5.74, 6) is -0.448. The lowest BCUT2D eigenvalue weighted by molar-refractivity contribution is -0.116. The Morgan fingerprint density at radius 3 is 2.80 bits per heavy atom. The molecule has 0 fully saturated rings. The van der Waals surface area contributed by atoms with Crippen molar-refractivity contribution >= 4 is 40.5 Å². The minimum absolute atomic E-state index is 0.189. The van der Waals surface area contributed by atoms with E-state index in [-0.39, 0.29) is 22.9 Å². The number of rotatable bonds is 3. The first-order chi connectivity index (χ1) is 9.47. The number of amides is 1. The van der Waals surface area contributed by atoms with Gasteiger partial charge in [-0.1, -0.05) is 23.2 Å². The maximum atomic E-state index is 11.9. The van der Waals surface area contributed by atoms with Crippen LogP contribution in [-0.2, 0) is 11.3 Å². The van der Waals surface area contributed by atoms with Crippen molar-refractivity contribution in [2.75, 3.05) is 11.1 Å². The summed E-state index contributed by atoms with van der Waals surface area (Å²) < 4.78 is 1.16. The Morgan fingerprint density at radius 2 is 2.15 bits per heavy atom. The molecule has 2 aromatic rings. The summed E-state index contributed by atoms with van der Waals surface area (Å²) in [6.45, 7) is -0.189. The number of nitrogens with zero attached hydrogens (tertiary/aromatic N) is 2. The number of aromatic nitrogens is 2. The fraction of sp³-hybridized carbons (Fsp3) is 0.0833. The van der Waals surface area contributed by atoms with Crippen LogP contribution in [0, 0.1) is 0 Å². The van der Waals surface area contributed by atoms with E-state index in [2.05, 4.69) is 10.3 Å². The van der Waals surface area contributed by atoms with E-state index in [9.17, 15) is 9.59 Å². The summed E-state index contributed by atoms with van der Waals surface area (Å²) >= 11 is 11.7. The van der Waals surface area contributed by atoms with Gasteiger partial charge in [0.2, 0.25) is 5.91 Å². The molecule has 1 heterocycles. The molecule has 1 aromatic carbocycles. The molecule has 0 radical (unpaired) electrons. The topological polar surface area (TPSA) is 90.0 Å². The second-order valence-corrected chi connectivity index (χ2v) is 4.77. The number of carbonyl (C=O) groups is 1. The normalized spacial score (nSPS) is 10.3. The summed E-state index contributed by atoms with van der Waals surface area (Å²) in [7, 11) is 0. The molecule has 0 spiro atoms. The van der Waals surface area contributed by atoms with Crippen LogP contribution in [0.25, 0.3) is 0 Å². The monoisotopic (exact) mass is 312 g/mol. The van der Waals surface area contributed by atoms with Gasteiger partial charge in [-0.05, 0) is 18.2 Å². The second kappa shape index (κ2) is 5.94. The number of halogens is 2. The molecule has 20 heavy (non-hydrogen) atoms. The molecular formula is C12H10Cl2N4O2. The summed E-state index contributed by atoms with van der Waals surface area (Å²) in [5, 5.41) is 3.13. The third-order valence-corrected chi connectivity index (χ3v) is 2.96. The standard InChI is InChI=1S/C12H10Cl2N4O2/c13-7-4-8(14)11(9(15)5-7)17-10(19)6-18-3-1-2-16-12(18)20/h1-5H,6,15H2,(H,17,19). The Morgan fingerprint density at radius 1 is 1.40 bits per heavy atom. The Labute approximate surface area is 124 Å². The summed E-state index contributed by atoms with van der Waals surface area (Å²) in [4.78, 5) is 26.8. The van der Waals surface area contributed by atoms with Crippen molar-refractivity contribution in [2.24, 2.45) is 0 Å². The van der Waals surface area contributed by atoms with Crippen LogP contribution in [0.1, 0.15) is 0 Å². The van der Waals surface area contributed by atoms with Crippen LogP contribution in [0.4, 0.5) is 11.4 Å². The molecule has 1 amide bonds. The van der Waals surface area contributed by atoms with Crippen LogP contribution in [0.15, 0.2) is 35.4 Å². The third kappa shape index (κ3) is 3.28. The van der Waals surface area contributed by atoms with Crippen LogP contribution in [-0.4, -0.2) is 15.5 Å². The van der Waals surface area contributed by atoms with Crippen LogP contribution >= 0.6 is 23.2 Å². The highest BCUT2D eigenvalue weighted by molar-refractivity contribution is 6.37. The fourth-order valence-electron chi connectivity index (χ4n) is 1.57. The molecule has 3 N–H and O–H groups in total. The predicted molar refractivity (Wildman–Crippen MR) is 78.0 cm³/mol. The van der Waals surface area contributed by atoms with Crippen molar-refractivity contribution in [2.45, 2.75) is 6.54 Å². The minimum Gasteiger partial charge on any atom is -0.397 e. The van der Waals surface area contributed by atoms with Gasteiger partial charge in [0.1, 0.15) is 6.54 Å². The lowest BCUT2D eigenvalue weighted by Crippen LogP contribution is -2.28. The van der Waals surface area contributed by atoms with Gasteiger partial charge in [0.05, 0.1) is 16.4 Å². The molecule has 0 aliphatic rings. The Bertz CT molecular complexity index is 692. The van der Waals surface area contributed by atoms with Gasteiger partial charge >= 0.3 is 5.69 Å². The maximum absolute atomic E-state index is 11.9. The largest absolute Gasteiger partial charge is 0.397 e. The maximum Gasteiger partial charge on any atom is 0.347 e. The first-order valence-electron chi connectivity index (χ1n) is 5.53. The minimum atomic E-state index is -0.516. The van der Waals surface area contributed by atoms with E-state index in [1.165, 1.54) is 24.5 Å². The molecule has 0 aliphatic heterocycles. The molecule has 2 rings (SSSR count). The summed E-state index contributed by atoms with van der Waals surface area (Å²) in [6.07, 6.45) is 2.81. The molecule has 104 valence electrons. The summed E-state index contributed by atoms with van der Waals surface area (Å²) in [6, 6.07) is 4.49. The average Bonchev–Trinajstić information content (AvgIpc) is 2.36. The number of hydrogen-bond acceptors (Lipinski definition) is 4. The summed E-state index contributed by atoms with van der Waals surface area (Å²) in [5.41, 5.74) is 5.72. The molecule has 1 aromatic heterocycles. The smallest absolute Gasteiger partial charge is 0.347 e. The Hall–Kier alpha value is -2.05. The van der Waals surface area contributed by atoms with Crippen LogP contribution in [0.5, 0.6) is 0 Å². The van der Waals surface area contributed by atoms with E-state index in [4.69, 9.17) is 28.9 Å². The Balaban J connectivity index is 2.17. The van der Waals surface area contributed by atoms with Gasteiger partial charge in [0, 0.05) is 17.4 Å². The van der Waals surface area contributed by atoms with E-state index in [0.717, 1.165) is 4.57 Å². The lowest BCUT2D eigenvalue weighted by Gasteiger charge is -2.11. The van der Waals surface area contributed by atoms with Gasteiger partial charge in [-0.25, -0.2) is 9.78 Å². The first-order valence-corrected chi connectivity index (χ1v) is 6.29. The molecular weight excluding hydrogens is 303 g/mol. The van der Waals surface area contributed by atoms with Crippen LogP contribution in [0.3, 0.4) is 0 Å². The quantitative estimate of drug-likeness (QED) is 0.845. The number of nitrogens with one attached hydrogen (secondary N) is 1. The molecule has 0 unspecified atom stereocenters. The molecule has 8 heteroatoms. The zero-order valence-corrected chi connectivity index (χ0v) is 11.6. The van der Waals surface area contributed by atoms with Gasteiger partial charge < -0.3 is 11.1 Å². The lowest BCUT2D eigenvalue weighted by atomic mass is 10.2. The van der Waals surface area contributed by atoms with E-state index in [0.29, 0.717) is 5.02 Å². The number of benzene rings is 1. The molecule has 0 saturated carbocycles. The molecule has 0 saturated heterocycles. The predicted octanol–water partition coefficient (Wildman–Crippen LogP) is 1.77. The van der Waals surface area contributed by atoms with Crippen LogP contribution in [0.2, 0.25) is 10.0 Å². The number of nitrogen functional groups attached to an aromatic ring is 1. The van der Waals surface area contributed by atoms with Crippen molar-refractivity contribution in [3.05, 3.63) is 51.1 Å². The zero-order chi connectivity index (χ0) is 14.7. The van der Waals surface area contributed by atoms with Gasteiger partial charge in [-0.2, -0.15) is 0 Å². The van der Waals surface area contributed by atoms with Crippen molar-refractivity contribution < 1.29 is 4.79 Å². The fourth-order valence-corrected chi connectivity index (χ4v) is 2.12. The van der Waals surface area contributed by atoms with Crippen molar-refractivity contribution in [3.63, 3.8) is 0 Å². The number of nitrogens with two attached hydrogens (primary N) is 1. The SMILES string of the molecule is Nc1cc(Cl)cc(Cl)c1NC(=O)Cn1cccnc1=O. The third-order valence-electron chi connectivity index (χ3n) is 2.45. The Kier molecular flexibility index (Phi) is 4.26. The van der Waals surface area contributed by atoms with E-state index in [1.54, 1.807) is 6.07 Å². The first kappa shape index (κ1) is 14.4. The van der Waals surface area contributed by atoms with Crippen molar-refractivity contribution in [3.8, 4) is 0 Å². The molecule has 0 atom stereocenters. The highest BCUT2D eigenvalue weighted by atomic mass is 35.5. The van der Waals surface area contributed by atoms with Crippen molar-refractivity contribution in [1.29, 1.82) is 0 Å². The van der Waals surface area contributed by atoms with Gasteiger partial charge in [0.25, 0.3) is 0 Å². The number of carbonyl (C=O) groups excluding carboxylic acids is 1. The van der Waals surface area contributed by atoms with Gasteiger partial charge in [-0.15, -0.1) is 0 Å². The second-order valence-electron chi connectivity index (χ2n) is 3.93. The molecule has 0 bridgehead atoms. The average molecular weight is 313 g/mol. The van der Waals surface area contributed by atoms with Gasteiger partial charge in [-0.3, -0.25) is 9.36 Å². The van der Waals surface area contributed by atoms with E-state index >= 15 is 0 Å². The number of anilines is 2. The molecule has 0 aliphatic carbocycles. The zero-order valence-electron chi connectivity index (χ0n) is 10.1. The van der Waals surface area contributed by atoms with Crippen molar-refractivity contribution in [1.82, 2.24) is 9.55 Å². The van der Waals surface area contributed by atoms with E-state index in [1.807, 2.05) is 0 Å². The number of hydrogen-bond donors (Lipinski definition) is 2. The highest BCUT2D eigenvalue weighted by Gasteiger charge is 2.11. The van der Waals surface area contributed by atoms with Crippen LogP contribution < -0.4 is 16.7 Å².